The van der Waals surface area contributed by atoms with Crippen LogP contribution in [0.4, 0.5) is 0 Å². The zero-order valence-corrected chi connectivity index (χ0v) is 11.6. The van der Waals surface area contributed by atoms with E-state index in [4.69, 9.17) is 15.0 Å². The molecule has 0 heterocycles. The second kappa shape index (κ2) is 13.6. The van der Waals surface area contributed by atoms with Crippen molar-refractivity contribution in [3.05, 3.63) is 10.4 Å². The maximum atomic E-state index is 11.3. The molecule has 0 aliphatic carbocycles. The summed E-state index contributed by atoms with van der Waals surface area (Å²) < 4.78 is 10.3. The number of nitrogens with zero attached hydrogens (tertiary/aromatic N) is 3. The molecule has 2 amide bonds. The van der Waals surface area contributed by atoms with Crippen molar-refractivity contribution in [3.63, 3.8) is 0 Å². The molecule has 0 saturated carbocycles. The van der Waals surface area contributed by atoms with Gasteiger partial charge in [0.25, 0.3) is 0 Å². The highest BCUT2D eigenvalue weighted by Gasteiger charge is 2.04. The van der Waals surface area contributed by atoms with Crippen molar-refractivity contribution >= 4 is 11.8 Å². The van der Waals surface area contributed by atoms with E-state index in [1.54, 1.807) is 0 Å². The SMILES string of the molecule is CNC(=O)CCC(=O)NCCOCCOCCN=[N+]=[N-]. The van der Waals surface area contributed by atoms with Crippen LogP contribution in [0.1, 0.15) is 12.8 Å². The normalized spacial score (nSPS) is 9.65. The van der Waals surface area contributed by atoms with Gasteiger partial charge in [0.15, 0.2) is 0 Å². The fourth-order valence-corrected chi connectivity index (χ4v) is 1.18. The Labute approximate surface area is 117 Å². The van der Waals surface area contributed by atoms with Gasteiger partial charge in [0.1, 0.15) is 0 Å². The van der Waals surface area contributed by atoms with Gasteiger partial charge in [-0.3, -0.25) is 9.59 Å². The Hall–Kier alpha value is -1.83. The predicted octanol–water partition coefficient (Wildman–Crippen LogP) is -0.0277. The molecular formula is C11H21N5O4. The van der Waals surface area contributed by atoms with Gasteiger partial charge in [0.05, 0.1) is 26.4 Å². The van der Waals surface area contributed by atoms with E-state index in [1.165, 1.54) is 7.05 Å². The van der Waals surface area contributed by atoms with Gasteiger partial charge in [-0.15, -0.1) is 0 Å². The van der Waals surface area contributed by atoms with Crippen molar-refractivity contribution < 1.29 is 19.1 Å². The van der Waals surface area contributed by atoms with Crippen molar-refractivity contribution in [2.45, 2.75) is 12.8 Å². The number of hydrogen-bond donors (Lipinski definition) is 2. The smallest absolute Gasteiger partial charge is 0.220 e. The number of nitrogens with one attached hydrogen (secondary N) is 2. The van der Waals surface area contributed by atoms with Crippen molar-refractivity contribution in [1.29, 1.82) is 0 Å². The van der Waals surface area contributed by atoms with Crippen LogP contribution in [0.3, 0.4) is 0 Å². The summed E-state index contributed by atoms with van der Waals surface area (Å²) in [6.07, 6.45) is 0.352. The molecule has 114 valence electrons. The van der Waals surface area contributed by atoms with E-state index in [-0.39, 0.29) is 24.7 Å². The molecule has 0 aliphatic rings. The fourth-order valence-electron chi connectivity index (χ4n) is 1.18. The van der Waals surface area contributed by atoms with Crippen LogP contribution >= 0.6 is 0 Å². The molecule has 2 N–H and O–H groups in total. The Balaban J connectivity index is 3.25. The summed E-state index contributed by atoms with van der Waals surface area (Å²) in [6.45, 7) is 2.26. The lowest BCUT2D eigenvalue weighted by atomic mass is 10.3. The molecule has 0 bridgehead atoms. The lowest BCUT2D eigenvalue weighted by molar-refractivity contribution is -0.126. The minimum absolute atomic E-state index is 0.158. The van der Waals surface area contributed by atoms with Crippen LogP contribution in [-0.4, -0.2) is 58.4 Å². The van der Waals surface area contributed by atoms with E-state index in [0.29, 0.717) is 39.5 Å². The largest absolute Gasteiger partial charge is 0.379 e. The number of azide groups is 1. The highest BCUT2D eigenvalue weighted by atomic mass is 16.5. The molecule has 0 unspecified atom stereocenters. The Bertz CT molecular complexity index is 331. The quantitative estimate of drug-likeness (QED) is 0.226. The molecule has 0 radical (unpaired) electrons. The van der Waals surface area contributed by atoms with E-state index in [9.17, 15) is 9.59 Å². The summed E-state index contributed by atoms with van der Waals surface area (Å²) in [6, 6.07) is 0. The Morgan fingerprint density at radius 1 is 1.10 bits per heavy atom. The first kappa shape index (κ1) is 18.2. The second-order valence-corrected chi connectivity index (χ2v) is 3.70. The van der Waals surface area contributed by atoms with Crippen molar-refractivity contribution in [3.8, 4) is 0 Å². The van der Waals surface area contributed by atoms with Crippen molar-refractivity contribution in [1.82, 2.24) is 10.6 Å². The number of carbonyl (C=O) groups excluding carboxylic acids is 2. The van der Waals surface area contributed by atoms with E-state index in [0.717, 1.165) is 0 Å². The number of ether oxygens (including phenoxy) is 2. The molecule has 9 heteroatoms. The molecule has 0 aromatic heterocycles. The average Bonchev–Trinajstić information content (AvgIpc) is 2.46. The third-order valence-electron chi connectivity index (χ3n) is 2.20. The van der Waals surface area contributed by atoms with E-state index >= 15 is 0 Å². The molecule has 0 saturated heterocycles. The van der Waals surface area contributed by atoms with Gasteiger partial charge in [0, 0.05) is 37.9 Å². The highest BCUT2D eigenvalue weighted by molar-refractivity contribution is 5.83. The maximum absolute atomic E-state index is 11.3. The minimum atomic E-state index is -0.178. The number of amides is 2. The molecule has 0 spiro atoms. The van der Waals surface area contributed by atoms with Crippen LogP contribution < -0.4 is 10.6 Å². The Morgan fingerprint density at radius 2 is 1.75 bits per heavy atom. The topological polar surface area (TPSA) is 125 Å². The zero-order valence-electron chi connectivity index (χ0n) is 11.6. The van der Waals surface area contributed by atoms with Crippen LogP contribution in [0.5, 0.6) is 0 Å². The van der Waals surface area contributed by atoms with E-state index in [2.05, 4.69) is 20.7 Å². The molecule has 0 aliphatic heterocycles. The molecule has 0 fully saturated rings. The van der Waals surface area contributed by atoms with Gasteiger partial charge in [-0.2, -0.15) is 0 Å². The van der Waals surface area contributed by atoms with Crippen molar-refractivity contribution in [2.24, 2.45) is 5.11 Å². The maximum Gasteiger partial charge on any atom is 0.220 e. The predicted molar refractivity (Wildman–Crippen MR) is 72.0 cm³/mol. The van der Waals surface area contributed by atoms with Crippen LogP contribution in [0, 0.1) is 0 Å². The van der Waals surface area contributed by atoms with Crippen LogP contribution in [-0.2, 0) is 19.1 Å². The first-order valence-corrected chi connectivity index (χ1v) is 6.34. The third kappa shape index (κ3) is 12.6. The second-order valence-electron chi connectivity index (χ2n) is 3.70. The van der Waals surface area contributed by atoms with Crippen molar-refractivity contribution in [2.75, 3.05) is 46.6 Å². The molecule has 0 rings (SSSR count). The number of hydrogen-bond acceptors (Lipinski definition) is 5. The van der Waals surface area contributed by atoms with Gasteiger partial charge >= 0.3 is 0 Å². The molecule has 0 atom stereocenters. The number of carbonyl (C=O) groups is 2. The molecule has 0 aromatic rings. The van der Waals surface area contributed by atoms with Crippen LogP contribution in [0.15, 0.2) is 5.11 Å². The van der Waals surface area contributed by atoms with E-state index < -0.39 is 0 Å². The monoisotopic (exact) mass is 287 g/mol. The van der Waals surface area contributed by atoms with Gasteiger partial charge in [-0.05, 0) is 5.53 Å². The van der Waals surface area contributed by atoms with E-state index in [1.807, 2.05) is 0 Å². The lowest BCUT2D eigenvalue weighted by Gasteiger charge is -2.06. The summed E-state index contributed by atoms with van der Waals surface area (Å²) in [5.74, 6) is -0.336. The zero-order chi connectivity index (χ0) is 15.1. The minimum Gasteiger partial charge on any atom is -0.379 e. The fraction of sp³-hybridized carbons (Fsp3) is 0.818. The molecule has 9 nitrogen and oxygen atoms in total. The van der Waals surface area contributed by atoms with Crippen LogP contribution in [0.2, 0.25) is 0 Å². The lowest BCUT2D eigenvalue weighted by Crippen LogP contribution is -2.29. The summed E-state index contributed by atoms with van der Waals surface area (Å²) in [7, 11) is 1.53. The molecule has 20 heavy (non-hydrogen) atoms. The molecular weight excluding hydrogens is 266 g/mol. The van der Waals surface area contributed by atoms with Crippen LogP contribution in [0.25, 0.3) is 10.4 Å². The summed E-state index contributed by atoms with van der Waals surface area (Å²) in [5.41, 5.74) is 8.01. The van der Waals surface area contributed by atoms with Gasteiger partial charge in [-0.1, -0.05) is 5.11 Å². The van der Waals surface area contributed by atoms with Gasteiger partial charge in [0.2, 0.25) is 11.8 Å². The third-order valence-corrected chi connectivity index (χ3v) is 2.20. The Kier molecular flexibility index (Phi) is 12.4. The number of rotatable bonds is 12. The van der Waals surface area contributed by atoms with Gasteiger partial charge in [-0.25, -0.2) is 0 Å². The Morgan fingerprint density at radius 3 is 2.40 bits per heavy atom. The highest BCUT2D eigenvalue weighted by Crippen LogP contribution is 1.88. The summed E-state index contributed by atoms with van der Waals surface area (Å²) in [4.78, 5) is 24.8. The average molecular weight is 287 g/mol. The molecule has 0 aromatic carbocycles. The summed E-state index contributed by atoms with van der Waals surface area (Å²) >= 11 is 0. The summed E-state index contributed by atoms with van der Waals surface area (Å²) in [5, 5.41) is 8.40. The first-order chi connectivity index (χ1) is 9.70. The standard InChI is InChI=1S/C11H21N5O4/c1-13-10(17)2-3-11(18)14-4-6-19-8-9-20-7-5-15-16-12/h2-9H2,1H3,(H,13,17)(H,14,18). The first-order valence-electron chi connectivity index (χ1n) is 6.34. The van der Waals surface area contributed by atoms with Gasteiger partial charge < -0.3 is 20.1 Å².